The van der Waals surface area contributed by atoms with Crippen LogP contribution in [-0.2, 0) is 23.8 Å². The Labute approximate surface area is 287 Å². The summed E-state index contributed by atoms with van der Waals surface area (Å²) in [5.74, 6) is -0.399. The first kappa shape index (κ1) is 44.9. The smallest absolute Gasteiger partial charge is 0.306 e. The van der Waals surface area contributed by atoms with Crippen molar-refractivity contribution in [3.63, 3.8) is 0 Å². The third-order valence-electron chi connectivity index (χ3n) is 9.14. The Kier molecular flexibility index (Phi) is 37.4. The first-order chi connectivity index (χ1) is 22.6. The van der Waals surface area contributed by atoms with Gasteiger partial charge in [0.25, 0.3) is 0 Å². The Morgan fingerprint density at radius 2 is 0.717 bits per heavy atom. The predicted octanol–water partition coefficient (Wildman–Crippen LogP) is 13.0. The molecule has 0 N–H and O–H groups in total. The van der Waals surface area contributed by atoms with E-state index in [2.05, 4.69) is 20.8 Å². The van der Waals surface area contributed by atoms with E-state index in [1.807, 2.05) is 0 Å². The molecule has 46 heavy (non-hydrogen) atoms. The fourth-order valence-corrected chi connectivity index (χ4v) is 6.04. The monoisotopic (exact) mass is 653 g/mol. The SMILES string of the molecule is CCCCCCCCCCCCCCCCCCOCC(COC(=O)CCCCCCCCCCC)OC(=O)CCCCCCC. The van der Waals surface area contributed by atoms with Crippen molar-refractivity contribution in [3.8, 4) is 0 Å². The van der Waals surface area contributed by atoms with E-state index in [4.69, 9.17) is 14.2 Å². The second-order valence-corrected chi connectivity index (χ2v) is 13.9. The highest BCUT2D eigenvalue weighted by Gasteiger charge is 2.17. The molecule has 1 unspecified atom stereocenters. The lowest BCUT2D eigenvalue weighted by Gasteiger charge is -2.18. The van der Waals surface area contributed by atoms with E-state index >= 15 is 0 Å². The maximum absolute atomic E-state index is 12.5. The number of hydrogen-bond acceptors (Lipinski definition) is 5. The van der Waals surface area contributed by atoms with Crippen molar-refractivity contribution >= 4 is 11.9 Å². The molecule has 0 saturated heterocycles. The van der Waals surface area contributed by atoms with Crippen LogP contribution in [0.2, 0.25) is 0 Å². The molecular formula is C41H80O5. The Morgan fingerprint density at radius 3 is 1.11 bits per heavy atom. The zero-order chi connectivity index (χ0) is 33.6. The minimum absolute atomic E-state index is 0.0940. The normalized spacial score (nSPS) is 12.0. The third-order valence-corrected chi connectivity index (χ3v) is 9.14. The highest BCUT2D eigenvalue weighted by molar-refractivity contribution is 5.70. The van der Waals surface area contributed by atoms with E-state index in [1.54, 1.807) is 0 Å². The van der Waals surface area contributed by atoms with E-state index in [1.165, 1.54) is 154 Å². The van der Waals surface area contributed by atoms with Crippen molar-refractivity contribution in [1.29, 1.82) is 0 Å². The number of carbonyl (C=O) groups is 2. The standard InChI is InChI=1S/C41H80O5/c1-4-7-10-13-15-17-18-19-20-21-22-23-25-27-30-33-36-44-37-39(46-41(43)35-32-28-12-9-6-3)38-45-40(42)34-31-29-26-24-16-14-11-8-5-2/h39H,4-38H2,1-3H3. The highest BCUT2D eigenvalue weighted by atomic mass is 16.6. The maximum Gasteiger partial charge on any atom is 0.306 e. The fraction of sp³-hybridized carbons (Fsp3) is 0.951. The van der Waals surface area contributed by atoms with E-state index < -0.39 is 6.10 Å². The number of ether oxygens (including phenoxy) is 3. The summed E-state index contributed by atoms with van der Waals surface area (Å²) in [5, 5.41) is 0. The van der Waals surface area contributed by atoms with Gasteiger partial charge < -0.3 is 14.2 Å². The molecule has 0 saturated carbocycles. The van der Waals surface area contributed by atoms with Crippen molar-refractivity contribution in [1.82, 2.24) is 0 Å². The summed E-state index contributed by atoms with van der Waals surface area (Å²) in [4.78, 5) is 24.8. The number of rotatable bonds is 38. The van der Waals surface area contributed by atoms with Crippen molar-refractivity contribution in [2.24, 2.45) is 0 Å². The minimum Gasteiger partial charge on any atom is -0.462 e. The van der Waals surface area contributed by atoms with Crippen LogP contribution in [0.5, 0.6) is 0 Å². The van der Waals surface area contributed by atoms with Gasteiger partial charge in [0.05, 0.1) is 6.61 Å². The largest absolute Gasteiger partial charge is 0.462 e. The Bertz CT molecular complexity index is 622. The summed E-state index contributed by atoms with van der Waals surface area (Å²) in [6.45, 7) is 7.77. The Morgan fingerprint density at radius 1 is 0.391 bits per heavy atom. The van der Waals surface area contributed by atoms with Gasteiger partial charge in [-0.3, -0.25) is 9.59 Å². The molecule has 0 heterocycles. The Balaban J connectivity index is 4.00. The average Bonchev–Trinajstić information content (AvgIpc) is 3.05. The van der Waals surface area contributed by atoms with Gasteiger partial charge in [0.2, 0.25) is 0 Å². The van der Waals surface area contributed by atoms with Gasteiger partial charge in [0.15, 0.2) is 6.10 Å². The summed E-state index contributed by atoms with van der Waals surface area (Å²) in [6, 6.07) is 0. The molecule has 0 rings (SSSR count). The van der Waals surface area contributed by atoms with Gasteiger partial charge >= 0.3 is 11.9 Å². The third kappa shape index (κ3) is 35.7. The topological polar surface area (TPSA) is 61.8 Å². The highest BCUT2D eigenvalue weighted by Crippen LogP contribution is 2.15. The molecule has 0 spiro atoms. The lowest BCUT2D eigenvalue weighted by atomic mass is 10.0. The lowest BCUT2D eigenvalue weighted by Crippen LogP contribution is -2.30. The molecule has 0 bridgehead atoms. The average molecular weight is 653 g/mol. The first-order valence-corrected chi connectivity index (χ1v) is 20.6. The van der Waals surface area contributed by atoms with Crippen molar-refractivity contribution in [2.75, 3.05) is 19.8 Å². The van der Waals surface area contributed by atoms with Crippen LogP contribution in [0.15, 0.2) is 0 Å². The van der Waals surface area contributed by atoms with Crippen molar-refractivity contribution in [2.45, 2.75) is 232 Å². The second-order valence-electron chi connectivity index (χ2n) is 13.9. The number of hydrogen-bond donors (Lipinski definition) is 0. The molecule has 274 valence electrons. The van der Waals surface area contributed by atoms with Crippen LogP contribution in [0, 0.1) is 0 Å². The van der Waals surface area contributed by atoms with Crippen LogP contribution in [0.1, 0.15) is 226 Å². The van der Waals surface area contributed by atoms with Crippen LogP contribution in [0.25, 0.3) is 0 Å². The maximum atomic E-state index is 12.5. The van der Waals surface area contributed by atoms with Crippen LogP contribution in [0.3, 0.4) is 0 Å². The molecule has 1 atom stereocenters. The second kappa shape index (κ2) is 38.3. The quantitative estimate of drug-likeness (QED) is 0.0490. The van der Waals surface area contributed by atoms with Crippen molar-refractivity contribution < 1.29 is 23.8 Å². The van der Waals surface area contributed by atoms with Crippen LogP contribution in [0.4, 0.5) is 0 Å². The lowest BCUT2D eigenvalue weighted by molar-refractivity contribution is -0.163. The zero-order valence-electron chi connectivity index (χ0n) is 31.4. The van der Waals surface area contributed by atoms with Gasteiger partial charge in [-0.2, -0.15) is 0 Å². The molecule has 0 amide bonds. The van der Waals surface area contributed by atoms with Gasteiger partial charge in [-0.25, -0.2) is 0 Å². The summed E-state index contributed by atoms with van der Waals surface area (Å²) >= 11 is 0. The summed E-state index contributed by atoms with van der Waals surface area (Å²) in [6.07, 6.45) is 38.4. The van der Waals surface area contributed by atoms with Gasteiger partial charge in [0, 0.05) is 19.4 Å². The zero-order valence-corrected chi connectivity index (χ0v) is 31.4. The van der Waals surface area contributed by atoms with E-state index in [0.717, 1.165) is 38.5 Å². The van der Waals surface area contributed by atoms with Crippen LogP contribution >= 0.6 is 0 Å². The summed E-state index contributed by atoms with van der Waals surface area (Å²) in [5.41, 5.74) is 0. The van der Waals surface area contributed by atoms with Gasteiger partial charge in [-0.1, -0.05) is 194 Å². The number of unbranched alkanes of at least 4 members (excludes halogenated alkanes) is 27. The molecule has 0 aliphatic heterocycles. The molecule has 0 aromatic heterocycles. The Hall–Kier alpha value is -1.10. The van der Waals surface area contributed by atoms with Crippen molar-refractivity contribution in [3.05, 3.63) is 0 Å². The van der Waals surface area contributed by atoms with Crippen LogP contribution in [-0.4, -0.2) is 37.9 Å². The predicted molar refractivity (Wildman–Crippen MR) is 196 cm³/mol. The van der Waals surface area contributed by atoms with Crippen LogP contribution < -0.4 is 0 Å². The van der Waals surface area contributed by atoms with Gasteiger partial charge in [0.1, 0.15) is 6.61 Å². The molecule has 0 fully saturated rings. The van der Waals surface area contributed by atoms with E-state index in [-0.39, 0.29) is 18.5 Å². The van der Waals surface area contributed by atoms with Gasteiger partial charge in [-0.15, -0.1) is 0 Å². The first-order valence-electron chi connectivity index (χ1n) is 20.6. The molecule has 0 aliphatic carbocycles. The van der Waals surface area contributed by atoms with E-state index in [9.17, 15) is 9.59 Å². The molecule has 0 radical (unpaired) electrons. The minimum atomic E-state index is -0.517. The summed E-state index contributed by atoms with van der Waals surface area (Å²) < 4.78 is 17.1. The van der Waals surface area contributed by atoms with E-state index in [0.29, 0.717) is 26.1 Å². The molecule has 0 aliphatic rings. The number of esters is 2. The molecular weight excluding hydrogens is 572 g/mol. The van der Waals surface area contributed by atoms with Gasteiger partial charge in [-0.05, 0) is 19.3 Å². The summed E-state index contributed by atoms with van der Waals surface area (Å²) in [7, 11) is 0. The fourth-order valence-electron chi connectivity index (χ4n) is 6.04. The number of carbonyl (C=O) groups excluding carboxylic acids is 2. The molecule has 0 aromatic rings. The molecule has 5 nitrogen and oxygen atoms in total. The molecule has 0 aromatic carbocycles. The molecule has 5 heteroatoms.